The van der Waals surface area contributed by atoms with Gasteiger partial charge in [-0.3, -0.25) is 0 Å². The van der Waals surface area contributed by atoms with Gasteiger partial charge in [-0.1, -0.05) is 30.3 Å². The number of ether oxygens (including phenoxy) is 1. The summed E-state index contributed by atoms with van der Waals surface area (Å²) in [4.78, 5) is 0. The summed E-state index contributed by atoms with van der Waals surface area (Å²) in [6, 6.07) is 17.6. The SMILES string of the molecule is CC(C)Oc1ccc2ccccc2c1CNc1ccc(C#N)nn1. The lowest BCUT2D eigenvalue weighted by Crippen LogP contribution is -2.10. The molecule has 5 heteroatoms. The maximum atomic E-state index is 8.79. The Hall–Kier alpha value is -3.13. The van der Waals surface area contributed by atoms with E-state index in [-0.39, 0.29) is 6.10 Å². The Morgan fingerprint density at radius 3 is 2.62 bits per heavy atom. The number of nitrogens with one attached hydrogen (secondary N) is 1. The summed E-state index contributed by atoms with van der Waals surface area (Å²) in [5.41, 5.74) is 1.38. The standard InChI is InChI=1S/C19H18N4O/c1-13(2)24-18-9-7-14-5-3-4-6-16(14)17(18)12-21-19-10-8-15(11-20)22-23-19/h3-10,13H,12H2,1-2H3,(H,21,23). The van der Waals surface area contributed by atoms with E-state index in [2.05, 4.69) is 33.7 Å². The fourth-order valence-electron chi connectivity index (χ4n) is 2.53. The minimum Gasteiger partial charge on any atom is -0.491 e. The number of hydrogen-bond acceptors (Lipinski definition) is 5. The van der Waals surface area contributed by atoms with Crippen LogP contribution >= 0.6 is 0 Å². The molecule has 0 aliphatic carbocycles. The second-order valence-corrected chi connectivity index (χ2v) is 5.70. The van der Waals surface area contributed by atoms with E-state index in [9.17, 15) is 0 Å². The van der Waals surface area contributed by atoms with Crippen molar-refractivity contribution >= 4 is 16.6 Å². The van der Waals surface area contributed by atoms with Crippen molar-refractivity contribution in [1.82, 2.24) is 10.2 Å². The molecule has 0 aliphatic heterocycles. The molecule has 3 rings (SSSR count). The second kappa shape index (κ2) is 6.97. The van der Waals surface area contributed by atoms with Crippen LogP contribution in [-0.4, -0.2) is 16.3 Å². The Balaban J connectivity index is 1.92. The topological polar surface area (TPSA) is 70.8 Å². The number of nitriles is 1. The average Bonchev–Trinajstić information content (AvgIpc) is 2.60. The van der Waals surface area contributed by atoms with E-state index in [0.29, 0.717) is 18.1 Å². The van der Waals surface area contributed by atoms with Gasteiger partial charge in [0.15, 0.2) is 5.69 Å². The molecular formula is C19H18N4O. The van der Waals surface area contributed by atoms with Crippen LogP contribution in [0.25, 0.3) is 10.8 Å². The molecule has 24 heavy (non-hydrogen) atoms. The summed E-state index contributed by atoms with van der Waals surface area (Å²) >= 11 is 0. The van der Waals surface area contributed by atoms with Crippen LogP contribution in [-0.2, 0) is 6.54 Å². The molecule has 0 aliphatic rings. The Morgan fingerprint density at radius 1 is 1.08 bits per heavy atom. The van der Waals surface area contributed by atoms with E-state index >= 15 is 0 Å². The number of hydrogen-bond donors (Lipinski definition) is 1. The van der Waals surface area contributed by atoms with E-state index in [4.69, 9.17) is 10.00 Å². The number of benzene rings is 2. The van der Waals surface area contributed by atoms with Crippen LogP contribution in [0.1, 0.15) is 25.1 Å². The van der Waals surface area contributed by atoms with Crippen molar-refractivity contribution in [2.75, 3.05) is 5.32 Å². The van der Waals surface area contributed by atoms with Gasteiger partial charge in [0, 0.05) is 12.1 Å². The van der Waals surface area contributed by atoms with E-state index in [1.807, 2.05) is 38.1 Å². The molecule has 1 heterocycles. The number of aromatic nitrogens is 2. The van der Waals surface area contributed by atoms with E-state index in [0.717, 1.165) is 22.1 Å². The van der Waals surface area contributed by atoms with Crippen molar-refractivity contribution in [2.24, 2.45) is 0 Å². The highest BCUT2D eigenvalue weighted by atomic mass is 16.5. The van der Waals surface area contributed by atoms with Crippen LogP contribution in [0.3, 0.4) is 0 Å². The predicted molar refractivity (Wildman–Crippen MR) is 93.8 cm³/mol. The molecule has 0 radical (unpaired) electrons. The molecule has 2 aromatic carbocycles. The monoisotopic (exact) mass is 318 g/mol. The largest absolute Gasteiger partial charge is 0.491 e. The maximum Gasteiger partial charge on any atom is 0.163 e. The summed E-state index contributed by atoms with van der Waals surface area (Å²) in [5.74, 6) is 1.48. The van der Waals surface area contributed by atoms with Gasteiger partial charge in [0.25, 0.3) is 0 Å². The van der Waals surface area contributed by atoms with Crippen LogP contribution in [0.5, 0.6) is 5.75 Å². The first kappa shape index (κ1) is 15.8. The number of fused-ring (bicyclic) bond motifs is 1. The van der Waals surface area contributed by atoms with Gasteiger partial charge in [0.1, 0.15) is 17.6 Å². The number of nitrogens with zero attached hydrogens (tertiary/aromatic N) is 3. The van der Waals surface area contributed by atoms with Gasteiger partial charge in [-0.25, -0.2) is 0 Å². The Morgan fingerprint density at radius 2 is 1.92 bits per heavy atom. The first-order valence-corrected chi connectivity index (χ1v) is 7.82. The van der Waals surface area contributed by atoms with Crippen LogP contribution in [0.2, 0.25) is 0 Å². The van der Waals surface area contributed by atoms with Crippen LogP contribution in [0.4, 0.5) is 5.82 Å². The first-order valence-electron chi connectivity index (χ1n) is 7.82. The average molecular weight is 318 g/mol. The molecule has 0 bridgehead atoms. The molecule has 0 fully saturated rings. The molecule has 0 saturated heterocycles. The van der Waals surface area contributed by atoms with Gasteiger partial charge in [-0.15, -0.1) is 10.2 Å². The van der Waals surface area contributed by atoms with Crippen molar-refractivity contribution in [3.05, 3.63) is 59.8 Å². The third-order valence-electron chi connectivity index (χ3n) is 3.59. The zero-order valence-electron chi connectivity index (χ0n) is 13.7. The van der Waals surface area contributed by atoms with Crippen molar-refractivity contribution < 1.29 is 4.74 Å². The first-order chi connectivity index (χ1) is 11.7. The third kappa shape index (κ3) is 3.44. The normalized spacial score (nSPS) is 10.6. The van der Waals surface area contributed by atoms with Crippen molar-refractivity contribution in [3.63, 3.8) is 0 Å². The highest BCUT2D eigenvalue weighted by Gasteiger charge is 2.10. The lowest BCUT2D eigenvalue weighted by Gasteiger charge is -2.17. The number of anilines is 1. The van der Waals surface area contributed by atoms with Crippen molar-refractivity contribution in [3.8, 4) is 11.8 Å². The minimum atomic E-state index is 0.0969. The Labute approximate surface area is 140 Å². The molecule has 0 atom stereocenters. The summed E-state index contributed by atoms with van der Waals surface area (Å²) in [6.07, 6.45) is 0.0969. The molecule has 0 saturated carbocycles. The zero-order chi connectivity index (χ0) is 16.9. The summed E-state index contributed by atoms with van der Waals surface area (Å²) in [7, 11) is 0. The number of rotatable bonds is 5. The highest BCUT2D eigenvalue weighted by molar-refractivity contribution is 5.88. The van der Waals surface area contributed by atoms with Gasteiger partial charge in [-0.05, 0) is 42.8 Å². The van der Waals surface area contributed by atoms with E-state index < -0.39 is 0 Å². The zero-order valence-corrected chi connectivity index (χ0v) is 13.7. The quantitative estimate of drug-likeness (QED) is 0.772. The van der Waals surface area contributed by atoms with Gasteiger partial charge >= 0.3 is 0 Å². The van der Waals surface area contributed by atoms with Crippen LogP contribution < -0.4 is 10.1 Å². The van der Waals surface area contributed by atoms with Gasteiger partial charge in [0.05, 0.1) is 6.10 Å². The fraction of sp³-hybridized carbons (Fsp3) is 0.211. The van der Waals surface area contributed by atoms with E-state index in [1.165, 1.54) is 0 Å². The van der Waals surface area contributed by atoms with Gasteiger partial charge < -0.3 is 10.1 Å². The molecule has 120 valence electrons. The van der Waals surface area contributed by atoms with E-state index in [1.54, 1.807) is 12.1 Å². The Kier molecular flexibility index (Phi) is 4.57. The molecule has 0 amide bonds. The highest BCUT2D eigenvalue weighted by Crippen LogP contribution is 2.29. The molecule has 0 unspecified atom stereocenters. The van der Waals surface area contributed by atoms with Crippen LogP contribution in [0, 0.1) is 11.3 Å². The fourth-order valence-corrected chi connectivity index (χ4v) is 2.53. The summed E-state index contributed by atoms with van der Waals surface area (Å²) in [5, 5.41) is 22.2. The summed E-state index contributed by atoms with van der Waals surface area (Å²) in [6.45, 7) is 4.58. The smallest absolute Gasteiger partial charge is 0.163 e. The Bertz CT molecular complexity index is 882. The van der Waals surface area contributed by atoms with Gasteiger partial charge in [-0.2, -0.15) is 5.26 Å². The minimum absolute atomic E-state index is 0.0969. The third-order valence-corrected chi connectivity index (χ3v) is 3.59. The van der Waals surface area contributed by atoms with Crippen molar-refractivity contribution in [1.29, 1.82) is 5.26 Å². The second-order valence-electron chi connectivity index (χ2n) is 5.70. The lowest BCUT2D eigenvalue weighted by atomic mass is 10.0. The van der Waals surface area contributed by atoms with Crippen molar-refractivity contribution in [2.45, 2.75) is 26.5 Å². The summed E-state index contributed by atoms with van der Waals surface area (Å²) < 4.78 is 5.96. The molecule has 1 aromatic heterocycles. The molecular weight excluding hydrogens is 300 g/mol. The predicted octanol–water partition coefficient (Wildman–Crippen LogP) is 3.90. The molecule has 1 N–H and O–H groups in total. The molecule has 5 nitrogen and oxygen atoms in total. The lowest BCUT2D eigenvalue weighted by molar-refractivity contribution is 0.240. The van der Waals surface area contributed by atoms with Crippen LogP contribution in [0.15, 0.2) is 48.5 Å². The molecule has 0 spiro atoms. The maximum absolute atomic E-state index is 8.79. The van der Waals surface area contributed by atoms with Gasteiger partial charge in [0.2, 0.25) is 0 Å². The molecule has 3 aromatic rings.